The van der Waals surface area contributed by atoms with Gasteiger partial charge in [-0.15, -0.1) is 0 Å². The van der Waals surface area contributed by atoms with Gasteiger partial charge in [0.05, 0.1) is 11.5 Å². The zero-order chi connectivity index (χ0) is 14.5. The van der Waals surface area contributed by atoms with Crippen LogP contribution in [-0.2, 0) is 16.1 Å². The highest BCUT2D eigenvalue weighted by molar-refractivity contribution is 5.14. The third kappa shape index (κ3) is 3.17. The topological polar surface area (TPSA) is 61.6 Å². The Morgan fingerprint density at radius 2 is 2.05 bits per heavy atom. The van der Waals surface area contributed by atoms with Crippen LogP contribution in [0.5, 0.6) is 0 Å². The summed E-state index contributed by atoms with van der Waals surface area (Å²) in [6, 6.07) is 9.65. The Kier molecular flexibility index (Phi) is 4.74. The highest BCUT2D eigenvalue weighted by Gasteiger charge is 2.40. The van der Waals surface area contributed by atoms with E-state index in [0.29, 0.717) is 6.61 Å². The lowest BCUT2D eigenvalue weighted by Gasteiger charge is -2.31. The molecule has 0 amide bonds. The average molecular weight is 277 g/mol. The summed E-state index contributed by atoms with van der Waals surface area (Å²) < 4.78 is 11.2. The van der Waals surface area contributed by atoms with Crippen molar-refractivity contribution in [1.29, 1.82) is 0 Å². The predicted molar refractivity (Wildman–Crippen MR) is 74.4 cm³/mol. The molecule has 1 heterocycles. The Morgan fingerprint density at radius 3 is 2.65 bits per heavy atom. The van der Waals surface area contributed by atoms with Gasteiger partial charge in [0.25, 0.3) is 0 Å². The summed E-state index contributed by atoms with van der Waals surface area (Å²) in [5, 5.41) is 11.1. The standard InChI is InChI=1S/C15H19NO4/c1-3-14-11(2)15(13(10-19-14)16(17)18)20-9-12-7-5-4-6-8-12/h4-8,10-11,14-15H,3,9H2,1-2H3/t11-,14+,15-/m0/s1. The van der Waals surface area contributed by atoms with E-state index in [1.54, 1.807) is 0 Å². The van der Waals surface area contributed by atoms with Crippen LogP contribution >= 0.6 is 0 Å². The van der Waals surface area contributed by atoms with Crippen molar-refractivity contribution >= 4 is 0 Å². The van der Waals surface area contributed by atoms with Gasteiger partial charge in [0, 0.05) is 5.92 Å². The van der Waals surface area contributed by atoms with Gasteiger partial charge in [-0.2, -0.15) is 0 Å². The largest absolute Gasteiger partial charge is 0.491 e. The first-order chi connectivity index (χ1) is 9.63. The van der Waals surface area contributed by atoms with Gasteiger partial charge in [-0.1, -0.05) is 44.2 Å². The fourth-order valence-corrected chi connectivity index (χ4v) is 2.42. The first kappa shape index (κ1) is 14.5. The van der Waals surface area contributed by atoms with Crippen LogP contribution in [0.2, 0.25) is 0 Å². The second-order valence-electron chi connectivity index (χ2n) is 4.96. The molecule has 0 saturated heterocycles. The van der Waals surface area contributed by atoms with Crippen molar-refractivity contribution in [2.45, 2.75) is 39.1 Å². The van der Waals surface area contributed by atoms with Crippen LogP contribution in [-0.4, -0.2) is 17.1 Å². The lowest BCUT2D eigenvalue weighted by molar-refractivity contribution is -0.444. The van der Waals surface area contributed by atoms with Crippen LogP contribution in [0.15, 0.2) is 42.3 Å². The smallest absolute Gasteiger partial charge is 0.309 e. The Morgan fingerprint density at radius 1 is 1.35 bits per heavy atom. The lowest BCUT2D eigenvalue weighted by Crippen LogP contribution is -2.39. The molecule has 0 radical (unpaired) electrons. The molecule has 1 aliphatic rings. The third-order valence-corrected chi connectivity index (χ3v) is 3.60. The maximum atomic E-state index is 11.1. The molecule has 5 nitrogen and oxygen atoms in total. The Hall–Kier alpha value is -1.88. The van der Waals surface area contributed by atoms with Gasteiger partial charge in [-0.05, 0) is 12.0 Å². The number of rotatable bonds is 5. The third-order valence-electron chi connectivity index (χ3n) is 3.60. The van der Waals surface area contributed by atoms with Crippen LogP contribution in [0.25, 0.3) is 0 Å². The monoisotopic (exact) mass is 277 g/mol. The van der Waals surface area contributed by atoms with Crippen LogP contribution in [0.1, 0.15) is 25.8 Å². The number of ether oxygens (including phenoxy) is 2. The lowest BCUT2D eigenvalue weighted by atomic mass is 9.92. The van der Waals surface area contributed by atoms with Gasteiger partial charge in [0.1, 0.15) is 6.10 Å². The Balaban J connectivity index is 2.10. The van der Waals surface area contributed by atoms with Gasteiger partial charge in [0.15, 0.2) is 12.4 Å². The van der Waals surface area contributed by atoms with Crippen molar-refractivity contribution in [3.8, 4) is 0 Å². The van der Waals surface area contributed by atoms with E-state index in [4.69, 9.17) is 9.47 Å². The summed E-state index contributed by atoms with van der Waals surface area (Å²) in [7, 11) is 0. The van der Waals surface area contributed by atoms with Crippen LogP contribution in [0.4, 0.5) is 0 Å². The van der Waals surface area contributed by atoms with Gasteiger partial charge < -0.3 is 9.47 Å². The average Bonchev–Trinajstić information content (AvgIpc) is 2.46. The van der Waals surface area contributed by atoms with E-state index in [1.165, 1.54) is 6.26 Å². The first-order valence-corrected chi connectivity index (χ1v) is 6.79. The molecule has 0 aliphatic carbocycles. The maximum absolute atomic E-state index is 11.1. The van der Waals surface area contributed by atoms with Gasteiger partial charge in [0.2, 0.25) is 0 Å². The molecule has 0 N–H and O–H groups in total. The molecule has 0 unspecified atom stereocenters. The van der Waals surface area contributed by atoms with Gasteiger partial charge in [-0.3, -0.25) is 10.1 Å². The summed E-state index contributed by atoms with van der Waals surface area (Å²) in [6.45, 7) is 4.29. The summed E-state index contributed by atoms with van der Waals surface area (Å²) in [4.78, 5) is 10.7. The zero-order valence-electron chi connectivity index (χ0n) is 11.7. The minimum absolute atomic E-state index is 0.00173. The van der Waals surface area contributed by atoms with Crippen molar-refractivity contribution in [1.82, 2.24) is 0 Å². The van der Waals surface area contributed by atoms with E-state index >= 15 is 0 Å². The second kappa shape index (κ2) is 6.52. The minimum Gasteiger partial charge on any atom is -0.491 e. The van der Waals surface area contributed by atoms with E-state index in [1.807, 2.05) is 44.2 Å². The van der Waals surface area contributed by atoms with Crippen LogP contribution in [0, 0.1) is 16.0 Å². The normalized spacial score (nSPS) is 25.7. The SMILES string of the molecule is CC[C@H]1OC=C([N+](=O)[O-])[C@@H](OCc2ccccc2)[C@H]1C. The van der Waals surface area contributed by atoms with E-state index < -0.39 is 11.0 Å². The summed E-state index contributed by atoms with van der Waals surface area (Å²) in [6.07, 6.45) is 1.46. The van der Waals surface area contributed by atoms with Crippen molar-refractivity contribution in [3.63, 3.8) is 0 Å². The summed E-state index contributed by atoms with van der Waals surface area (Å²) >= 11 is 0. The first-order valence-electron chi connectivity index (χ1n) is 6.79. The van der Waals surface area contributed by atoms with Gasteiger partial charge >= 0.3 is 5.70 Å². The Bertz CT molecular complexity index is 486. The molecule has 1 aromatic carbocycles. The predicted octanol–water partition coefficient (Wildman–Crippen LogP) is 3.13. The molecule has 1 aromatic rings. The number of hydrogen-bond donors (Lipinski definition) is 0. The summed E-state index contributed by atoms with van der Waals surface area (Å²) in [5.41, 5.74) is 1.00. The van der Waals surface area contributed by atoms with E-state index in [-0.39, 0.29) is 17.7 Å². The zero-order valence-corrected chi connectivity index (χ0v) is 11.7. The molecule has 2 rings (SSSR count). The Labute approximate surface area is 118 Å². The van der Waals surface area contributed by atoms with Crippen molar-refractivity contribution in [2.75, 3.05) is 0 Å². The van der Waals surface area contributed by atoms with Crippen molar-refractivity contribution in [2.24, 2.45) is 5.92 Å². The quantitative estimate of drug-likeness (QED) is 0.612. The van der Waals surface area contributed by atoms with Crippen LogP contribution < -0.4 is 0 Å². The number of hydrogen-bond acceptors (Lipinski definition) is 4. The molecule has 0 aromatic heterocycles. The van der Waals surface area contributed by atoms with E-state index in [0.717, 1.165) is 12.0 Å². The molecule has 3 atom stereocenters. The fourth-order valence-electron chi connectivity index (χ4n) is 2.42. The number of benzene rings is 1. The molecule has 5 heteroatoms. The number of nitrogens with zero attached hydrogens (tertiary/aromatic N) is 1. The molecule has 108 valence electrons. The molecule has 20 heavy (non-hydrogen) atoms. The highest BCUT2D eigenvalue weighted by Crippen LogP contribution is 2.29. The molecule has 0 bridgehead atoms. The fraction of sp³-hybridized carbons (Fsp3) is 0.467. The van der Waals surface area contributed by atoms with E-state index in [2.05, 4.69) is 0 Å². The highest BCUT2D eigenvalue weighted by atomic mass is 16.6. The molecule has 0 fully saturated rings. The summed E-state index contributed by atoms with van der Waals surface area (Å²) in [5.74, 6) is -0.0471. The molecule has 0 saturated carbocycles. The van der Waals surface area contributed by atoms with E-state index in [9.17, 15) is 10.1 Å². The molecule has 0 spiro atoms. The minimum atomic E-state index is -0.538. The maximum Gasteiger partial charge on any atom is 0.309 e. The molecular weight excluding hydrogens is 258 g/mol. The van der Waals surface area contributed by atoms with Crippen molar-refractivity contribution in [3.05, 3.63) is 58.0 Å². The van der Waals surface area contributed by atoms with Crippen molar-refractivity contribution < 1.29 is 14.4 Å². The molecular formula is C15H19NO4. The molecule has 1 aliphatic heterocycles. The second-order valence-corrected chi connectivity index (χ2v) is 4.96. The van der Waals surface area contributed by atoms with Gasteiger partial charge in [-0.25, -0.2) is 0 Å². The van der Waals surface area contributed by atoms with Crippen LogP contribution in [0.3, 0.4) is 0 Å². The number of nitro groups is 1.